The molecule has 0 fully saturated rings. The van der Waals surface area contributed by atoms with E-state index in [1.165, 1.54) is 89.9 Å². The van der Waals surface area contributed by atoms with E-state index < -0.39 is 5.97 Å². The number of carboxylic acid groups (broad SMARTS) is 1. The lowest BCUT2D eigenvalue weighted by molar-refractivity contribution is -0.509. The summed E-state index contributed by atoms with van der Waals surface area (Å²) in [6.45, 7) is 4.70. The summed E-state index contributed by atoms with van der Waals surface area (Å²) in [5, 5.41) is 18.3. The summed E-state index contributed by atoms with van der Waals surface area (Å²) in [5.74, 6) is 0.348. The highest BCUT2D eigenvalue weighted by Gasteiger charge is 2.30. The predicted octanol–water partition coefficient (Wildman–Crippen LogP) is 2.06. The van der Waals surface area contributed by atoms with Gasteiger partial charge in [-0.25, -0.2) is 4.79 Å². The van der Waals surface area contributed by atoms with Crippen molar-refractivity contribution in [2.75, 3.05) is 32.8 Å². The van der Waals surface area contributed by atoms with E-state index in [9.17, 15) is 9.90 Å². The highest BCUT2D eigenvalue weighted by atomic mass is 35.5. The molecule has 0 spiro atoms. The first-order valence-corrected chi connectivity index (χ1v) is 12.4. The molecule has 0 aliphatic carbocycles. The summed E-state index contributed by atoms with van der Waals surface area (Å²) in [5.41, 5.74) is 0. The van der Waals surface area contributed by atoms with Crippen LogP contribution in [0, 0.1) is 0 Å². The van der Waals surface area contributed by atoms with Gasteiger partial charge in [-0.3, -0.25) is 9.48 Å². The Morgan fingerprint density at radius 3 is 1.77 bits per heavy atom. The Bertz CT molecular complexity index is 458. The van der Waals surface area contributed by atoms with E-state index >= 15 is 0 Å². The minimum Gasteiger partial charge on any atom is -1.00 e. The number of carboxylic acids is 1. The minimum atomic E-state index is -0.773. The van der Waals surface area contributed by atoms with Crippen molar-refractivity contribution in [3.05, 3.63) is 0 Å². The smallest absolute Gasteiger partial charge is 0.345 e. The molecular formula is C24H47ClN2O3. The van der Waals surface area contributed by atoms with E-state index in [2.05, 4.69) is 11.8 Å². The van der Waals surface area contributed by atoms with Crippen LogP contribution in [0.4, 0.5) is 0 Å². The molecular weight excluding hydrogens is 400 g/mol. The van der Waals surface area contributed by atoms with Crippen LogP contribution in [-0.4, -0.2) is 64.3 Å². The van der Waals surface area contributed by atoms with E-state index in [-0.39, 0.29) is 25.6 Å². The maximum absolute atomic E-state index is 11.1. The van der Waals surface area contributed by atoms with Crippen LogP contribution < -0.4 is 12.4 Å². The van der Waals surface area contributed by atoms with Gasteiger partial charge in [0.2, 0.25) is 5.84 Å². The van der Waals surface area contributed by atoms with Gasteiger partial charge in [0.05, 0.1) is 6.61 Å². The molecule has 0 unspecified atom stereocenters. The van der Waals surface area contributed by atoms with Crippen LogP contribution in [-0.2, 0) is 4.79 Å². The number of aliphatic hydroxyl groups is 1. The zero-order chi connectivity index (χ0) is 21.2. The van der Waals surface area contributed by atoms with Crippen LogP contribution >= 0.6 is 0 Å². The molecule has 1 aliphatic heterocycles. The van der Waals surface area contributed by atoms with Crippen molar-refractivity contribution in [3.8, 4) is 0 Å². The molecule has 30 heavy (non-hydrogen) atoms. The Hall–Kier alpha value is -0.810. The Balaban J connectivity index is 0.00000841. The molecule has 0 aromatic heterocycles. The lowest BCUT2D eigenvalue weighted by Crippen LogP contribution is -3.00. The number of nitrogens with zero attached hydrogens (tertiary/aromatic N) is 2. The van der Waals surface area contributed by atoms with E-state index in [1.54, 1.807) is 0 Å². The molecule has 0 atom stereocenters. The molecule has 0 saturated heterocycles. The molecule has 0 amide bonds. The van der Waals surface area contributed by atoms with E-state index in [4.69, 9.17) is 5.11 Å². The van der Waals surface area contributed by atoms with Crippen molar-refractivity contribution in [1.82, 2.24) is 4.90 Å². The molecule has 1 rings (SSSR count). The number of carbonyl (C=O) groups is 1. The van der Waals surface area contributed by atoms with Crippen molar-refractivity contribution in [1.29, 1.82) is 0 Å². The quantitative estimate of drug-likeness (QED) is 0.222. The van der Waals surface area contributed by atoms with Crippen molar-refractivity contribution in [2.45, 2.75) is 110 Å². The van der Waals surface area contributed by atoms with Crippen molar-refractivity contribution in [3.63, 3.8) is 0 Å². The van der Waals surface area contributed by atoms with Gasteiger partial charge in [-0.15, -0.1) is 0 Å². The SMILES string of the molecule is CCCCCCCCCCCCCCCCCC1=[N+](CC(=O)O)CCN1CCO.[Cl-]. The second kappa shape index (κ2) is 20.1. The molecule has 0 radical (unpaired) electrons. The fourth-order valence-electron chi connectivity index (χ4n) is 4.37. The van der Waals surface area contributed by atoms with Crippen LogP contribution in [0.25, 0.3) is 0 Å². The second-order valence-corrected chi connectivity index (χ2v) is 8.64. The number of hydrogen-bond acceptors (Lipinski definition) is 3. The highest BCUT2D eigenvalue weighted by molar-refractivity contribution is 5.79. The Kier molecular flexibility index (Phi) is 19.6. The summed E-state index contributed by atoms with van der Waals surface area (Å²) in [6.07, 6.45) is 21.3. The predicted molar refractivity (Wildman–Crippen MR) is 121 cm³/mol. The number of aliphatic carboxylic acids is 1. The molecule has 178 valence electrons. The van der Waals surface area contributed by atoms with Gasteiger partial charge in [0.25, 0.3) is 0 Å². The molecule has 1 aliphatic rings. The molecule has 0 saturated carbocycles. The van der Waals surface area contributed by atoms with E-state index in [0.29, 0.717) is 6.54 Å². The standard InChI is InChI=1S/C24H46N2O3.ClH/c1-2-3-4-5-6-7-8-9-10-11-12-13-14-15-16-17-23-25(20-21-27)18-19-26(23)22-24(28)29;/h27H,2-22H2,1H3;1H. The van der Waals surface area contributed by atoms with Gasteiger partial charge in [-0.1, -0.05) is 96.8 Å². The Labute approximate surface area is 191 Å². The third kappa shape index (κ3) is 14.2. The van der Waals surface area contributed by atoms with Crippen LogP contribution in [0.1, 0.15) is 110 Å². The van der Waals surface area contributed by atoms with Crippen molar-refractivity contribution in [2.24, 2.45) is 0 Å². The van der Waals surface area contributed by atoms with Gasteiger partial charge in [-0.2, -0.15) is 0 Å². The molecule has 0 bridgehead atoms. The number of β-amino-alcohol motifs (C(OH)–C–C–N with tert-alkyl or cyclic N) is 1. The van der Waals surface area contributed by atoms with Gasteiger partial charge in [-0.05, 0) is 6.42 Å². The molecule has 2 N–H and O–H groups in total. The van der Waals surface area contributed by atoms with Gasteiger partial charge < -0.3 is 22.6 Å². The maximum Gasteiger partial charge on any atom is 0.345 e. The third-order valence-electron chi connectivity index (χ3n) is 6.07. The third-order valence-corrected chi connectivity index (χ3v) is 6.07. The molecule has 6 heteroatoms. The lowest BCUT2D eigenvalue weighted by Gasteiger charge is -2.12. The highest BCUT2D eigenvalue weighted by Crippen LogP contribution is 2.15. The average molecular weight is 447 g/mol. The number of aliphatic hydroxyl groups excluding tert-OH is 1. The van der Waals surface area contributed by atoms with Crippen molar-refractivity contribution < 1.29 is 32.0 Å². The maximum atomic E-state index is 11.1. The van der Waals surface area contributed by atoms with E-state index in [1.807, 2.05) is 4.58 Å². The van der Waals surface area contributed by atoms with Crippen LogP contribution in [0.3, 0.4) is 0 Å². The van der Waals surface area contributed by atoms with Gasteiger partial charge in [0, 0.05) is 6.42 Å². The first kappa shape index (κ1) is 29.2. The monoisotopic (exact) mass is 446 g/mol. The van der Waals surface area contributed by atoms with Crippen LogP contribution in [0.5, 0.6) is 0 Å². The number of halogens is 1. The lowest BCUT2D eigenvalue weighted by atomic mass is 10.0. The molecule has 1 heterocycles. The average Bonchev–Trinajstić information content (AvgIpc) is 3.06. The summed E-state index contributed by atoms with van der Waals surface area (Å²) in [7, 11) is 0. The molecule has 5 nitrogen and oxygen atoms in total. The van der Waals surface area contributed by atoms with Crippen LogP contribution in [0.2, 0.25) is 0 Å². The topological polar surface area (TPSA) is 63.8 Å². The number of hydrogen-bond donors (Lipinski definition) is 2. The number of unbranched alkanes of at least 4 members (excludes halogenated alkanes) is 14. The summed E-state index contributed by atoms with van der Waals surface area (Å²) < 4.78 is 1.97. The fourth-order valence-corrected chi connectivity index (χ4v) is 4.37. The summed E-state index contributed by atoms with van der Waals surface area (Å²) in [4.78, 5) is 13.2. The first-order valence-electron chi connectivity index (χ1n) is 12.4. The summed E-state index contributed by atoms with van der Waals surface area (Å²) in [6, 6.07) is 0. The normalized spacial score (nSPS) is 13.7. The van der Waals surface area contributed by atoms with Crippen molar-refractivity contribution >= 4 is 11.8 Å². The number of amidine groups is 1. The van der Waals surface area contributed by atoms with Gasteiger partial charge >= 0.3 is 5.97 Å². The second-order valence-electron chi connectivity index (χ2n) is 8.64. The van der Waals surface area contributed by atoms with Crippen LogP contribution in [0.15, 0.2) is 0 Å². The van der Waals surface area contributed by atoms with E-state index in [0.717, 1.165) is 31.8 Å². The number of rotatable bonds is 20. The Morgan fingerprint density at radius 2 is 1.33 bits per heavy atom. The molecule has 0 aromatic carbocycles. The largest absolute Gasteiger partial charge is 1.00 e. The fraction of sp³-hybridized carbons (Fsp3) is 0.917. The van der Waals surface area contributed by atoms with Gasteiger partial charge in [0.1, 0.15) is 19.6 Å². The molecule has 0 aromatic rings. The first-order chi connectivity index (χ1) is 14.2. The van der Waals surface area contributed by atoms with Gasteiger partial charge in [0.15, 0.2) is 6.54 Å². The minimum absolute atomic E-state index is 0. The summed E-state index contributed by atoms with van der Waals surface area (Å²) >= 11 is 0. The zero-order valence-corrected chi connectivity index (χ0v) is 20.2. The Morgan fingerprint density at radius 1 is 0.867 bits per heavy atom. The zero-order valence-electron chi connectivity index (χ0n) is 19.4.